The Kier molecular flexibility index (Phi) is 6.17. The molecule has 0 unspecified atom stereocenters. The minimum absolute atomic E-state index is 0. The third-order valence-electron chi connectivity index (χ3n) is 1.38. The van der Waals surface area contributed by atoms with Crippen molar-refractivity contribution in [3.63, 3.8) is 0 Å². The van der Waals surface area contributed by atoms with Crippen LogP contribution in [0.4, 0.5) is 17.5 Å². The van der Waals surface area contributed by atoms with Gasteiger partial charge in [0.15, 0.2) is 0 Å². The Balaban J connectivity index is 0. The number of halogens is 4. The molecule has 0 aromatic heterocycles. The maximum atomic E-state index is 12.5. The van der Waals surface area contributed by atoms with Crippen LogP contribution in [0.1, 0.15) is 0 Å². The van der Waals surface area contributed by atoms with Gasteiger partial charge in [0.05, 0.1) is 0 Å². The first kappa shape index (κ1) is 15.4. The van der Waals surface area contributed by atoms with Crippen molar-refractivity contribution in [2.75, 3.05) is 0 Å². The Bertz CT molecular complexity index is 252. The van der Waals surface area contributed by atoms with E-state index < -0.39 is 13.1 Å². The standard InChI is InChI=1S/C7H5BF4.2H2O/c9-7(10,11)8(12)6-4-2-1-3-5-6;;/h1-5H;2*1H2. The molecule has 1 rings (SSSR count). The highest BCUT2D eigenvalue weighted by Crippen LogP contribution is 2.19. The first-order chi connectivity index (χ1) is 5.52. The number of hydrogen-bond donors (Lipinski definition) is 0. The Morgan fingerprint density at radius 3 is 1.71 bits per heavy atom. The molecule has 0 heterocycles. The zero-order chi connectivity index (χ0) is 9.19. The molecule has 4 N–H and O–H groups in total. The minimum Gasteiger partial charge on any atom is -0.412 e. The summed E-state index contributed by atoms with van der Waals surface area (Å²) in [4.78, 5) is 0. The highest BCUT2D eigenvalue weighted by atomic mass is 19.4. The highest BCUT2D eigenvalue weighted by Gasteiger charge is 2.46. The van der Waals surface area contributed by atoms with Gasteiger partial charge in [0.1, 0.15) is 0 Å². The van der Waals surface area contributed by atoms with Gasteiger partial charge in [-0.25, -0.2) is 0 Å². The molecule has 0 amide bonds. The van der Waals surface area contributed by atoms with Crippen LogP contribution in [0.25, 0.3) is 0 Å². The average Bonchev–Trinajstić information content (AvgIpc) is 2.03. The third kappa shape index (κ3) is 3.76. The van der Waals surface area contributed by atoms with Crippen molar-refractivity contribution < 1.29 is 28.4 Å². The summed E-state index contributed by atoms with van der Waals surface area (Å²) in [6.45, 7) is -2.88. The maximum Gasteiger partial charge on any atom is 0.500 e. The van der Waals surface area contributed by atoms with Crippen molar-refractivity contribution >= 4 is 12.5 Å². The van der Waals surface area contributed by atoms with E-state index in [1.807, 2.05) is 0 Å². The van der Waals surface area contributed by atoms with Crippen LogP contribution in [-0.2, 0) is 0 Å². The average molecular weight is 212 g/mol. The molecule has 0 aliphatic rings. The second kappa shape index (κ2) is 5.61. The van der Waals surface area contributed by atoms with E-state index >= 15 is 0 Å². The van der Waals surface area contributed by atoms with Crippen molar-refractivity contribution in [1.29, 1.82) is 0 Å². The lowest BCUT2D eigenvalue weighted by atomic mass is 9.64. The third-order valence-corrected chi connectivity index (χ3v) is 1.38. The molecule has 80 valence electrons. The minimum atomic E-state index is -4.80. The van der Waals surface area contributed by atoms with Crippen LogP contribution in [0.15, 0.2) is 30.3 Å². The molecular formula is C7H9BF4O2. The van der Waals surface area contributed by atoms with E-state index in [0.717, 1.165) is 12.1 Å². The summed E-state index contributed by atoms with van der Waals surface area (Å²) in [5.74, 6) is 0. The van der Waals surface area contributed by atoms with Gasteiger partial charge in [-0.2, -0.15) is 13.2 Å². The van der Waals surface area contributed by atoms with Gasteiger partial charge in [-0.1, -0.05) is 30.3 Å². The smallest absolute Gasteiger partial charge is 0.412 e. The molecular weight excluding hydrogens is 203 g/mol. The molecule has 0 aliphatic carbocycles. The number of hydrogen-bond acceptors (Lipinski definition) is 0. The van der Waals surface area contributed by atoms with Gasteiger partial charge in [0.25, 0.3) is 0 Å². The molecule has 0 fully saturated rings. The Morgan fingerprint density at radius 2 is 1.36 bits per heavy atom. The van der Waals surface area contributed by atoms with Crippen LogP contribution in [0.2, 0.25) is 0 Å². The molecule has 14 heavy (non-hydrogen) atoms. The van der Waals surface area contributed by atoms with Gasteiger partial charge in [-0.05, 0) is 5.46 Å². The van der Waals surface area contributed by atoms with Gasteiger partial charge < -0.3 is 15.3 Å². The summed E-state index contributed by atoms with van der Waals surface area (Å²) < 4.78 is 47.8. The second-order valence-corrected chi connectivity index (χ2v) is 2.31. The lowest BCUT2D eigenvalue weighted by Gasteiger charge is -2.07. The Morgan fingerprint density at radius 1 is 0.929 bits per heavy atom. The van der Waals surface area contributed by atoms with Gasteiger partial charge in [-0.3, -0.25) is 0 Å². The first-order valence-electron chi connectivity index (χ1n) is 3.27. The van der Waals surface area contributed by atoms with Crippen molar-refractivity contribution in [2.45, 2.75) is 6.08 Å². The Labute approximate surface area is 78.3 Å². The largest absolute Gasteiger partial charge is 0.500 e. The molecule has 1 aromatic carbocycles. The first-order valence-corrected chi connectivity index (χ1v) is 3.27. The molecule has 0 saturated carbocycles. The lowest BCUT2D eigenvalue weighted by molar-refractivity contribution is -0.0558. The zero-order valence-electron chi connectivity index (χ0n) is 6.98. The summed E-state index contributed by atoms with van der Waals surface area (Å²) in [5.41, 5.74) is -0.356. The van der Waals surface area contributed by atoms with E-state index in [1.165, 1.54) is 18.2 Å². The quantitative estimate of drug-likeness (QED) is 0.474. The fraction of sp³-hybridized carbons (Fsp3) is 0.143. The predicted molar refractivity (Wildman–Crippen MR) is 46.2 cm³/mol. The normalized spacial score (nSPS) is 9.71. The summed E-state index contributed by atoms with van der Waals surface area (Å²) in [6.07, 6.45) is -4.80. The van der Waals surface area contributed by atoms with E-state index in [1.54, 1.807) is 0 Å². The van der Waals surface area contributed by atoms with Crippen molar-refractivity contribution in [3.05, 3.63) is 30.3 Å². The summed E-state index contributed by atoms with van der Waals surface area (Å²) in [7, 11) is 0. The summed E-state index contributed by atoms with van der Waals surface area (Å²) in [6, 6.07) is 6.49. The van der Waals surface area contributed by atoms with Gasteiger partial charge in [-0.15, -0.1) is 0 Å². The highest BCUT2D eigenvalue weighted by molar-refractivity contribution is 6.68. The molecule has 0 saturated heterocycles. The maximum absolute atomic E-state index is 12.5. The predicted octanol–water partition coefficient (Wildman–Crippen LogP) is 0.307. The van der Waals surface area contributed by atoms with Gasteiger partial charge >= 0.3 is 13.1 Å². The lowest BCUT2D eigenvalue weighted by Crippen LogP contribution is -2.40. The summed E-state index contributed by atoms with van der Waals surface area (Å²) >= 11 is 0. The molecule has 0 aliphatic heterocycles. The topological polar surface area (TPSA) is 63.0 Å². The SMILES string of the molecule is FB(c1ccccc1)C(F)(F)F.O.O. The fourth-order valence-electron chi connectivity index (χ4n) is 0.811. The molecule has 0 radical (unpaired) electrons. The van der Waals surface area contributed by atoms with E-state index in [9.17, 15) is 17.5 Å². The molecule has 0 spiro atoms. The molecule has 1 aromatic rings. The fourth-order valence-corrected chi connectivity index (χ4v) is 0.811. The van der Waals surface area contributed by atoms with Crippen LogP contribution in [0.3, 0.4) is 0 Å². The molecule has 2 nitrogen and oxygen atoms in total. The van der Waals surface area contributed by atoms with Crippen LogP contribution in [0, 0.1) is 0 Å². The van der Waals surface area contributed by atoms with Gasteiger partial charge in [0, 0.05) is 0 Å². The Hall–Kier alpha value is -1.08. The van der Waals surface area contributed by atoms with Crippen LogP contribution in [-0.4, -0.2) is 24.0 Å². The van der Waals surface area contributed by atoms with Crippen LogP contribution in [0.5, 0.6) is 0 Å². The number of rotatable bonds is 1. The van der Waals surface area contributed by atoms with E-state index in [0.29, 0.717) is 0 Å². The zero-order valence-corrected chi connectivity index (χ0v) is 6.98. The number of benzene rings is 1. The van der Waals surface area contributed by atoms with E-state index in [4.69, 9.17) is 0 Å². The summed E-state index contributed by atoms with van der Waals surface area (Å²) in [5, 5.41) is 0. The number of alkyl halides is 3. The molecule has 0 atom stereocenters. The van der Waals surface area contributed by atoms with Crippen LogP contribution >= 0.6 is 0 Å². The monoisotopic (exact) mass is 212 g/mol. The second-order valence-electron chi connectivity index (χ2n) is 2.31. The van der Waals surface area contributed by atoms with Crippen molar-refractivity contribution in [2.24, 2.45) is 0 Å². The van der Waals surface area contributed by atoms with Gasteiger partial charge in [0.2, 0.25) is 0 Å². The van der Waals surface area contributed by atoms with E-state index in [2.05, 4.69) is 0 Å². The van der Waals surface area contributed by atoms with Crippen LogP contribution < -0.4 is 5.46 Å². The molecule has 0 bridgehead atoms. The van der Waals surface area contributed by atoms with E-state index in [-0.39, 0.29) is 16.4 Å². The van der Waals surface area contributed by atoms with Crippen molar-refractivity contribution in [1.82, 2.24) is 0 Å². The van der Waals surface area contributed by atoms with Crippen molar-refractivity contribution in [3.8, 4) is 0 Å². The molecule has 7 heteroatoms.